The van der Waals surface area contributed by atoms with Crippen LogP contribution in [0.5, 0.6) is 0 Å². The van der Waals surface area contributed by atoms with Crippen molar-refractivity contribution in [1.29, 1.82) is 0 Å². The summed E-state index contributed by atoms with van der Waals surface area (Å²) in [7, 11) is 0. The molecule has 0 spiro atoms. The van der Waals surface area contributed by atoms with Crippen molar-refractivity contribution in [2.24, 2.45) is 0 Å². The highest BCUT2D eigenvalue weighted by molar-refractivity contribution is 8.00. The first-order valence-corrected chi connectivity index (χ1v) is 10.0. The molecule has 0 fully saturated rings. The summed E-state index contributed by atoms with van der Waals surface area (Å²) in [6, 6.07) is 21.8. The molecule has 0 aromatic heterocycles. The molecule has 0 saturated heterocycles. The molecule has 0 aliphatic carbocycles. The Morgan fingerprint density at radius 2 is 1.39 bits per heavy atom. The number of carbonyl (C=O) groups is 2. The third kappa shape index (κ3) is 5.87. The van der Waals surface area contributed by atoms with Crippen molar-refractivity contribution >= 4 is 46.6 Å². The molecule has 2 N–H and O–H groups in total. The Kier molecular flexibility index (Phi) is 6.74. The molecule has 142 valence electrons. The van der Waals surface area contributed by atoms with Crippen LogP contribution < -0.4 is 10.6 Å². The van der Waals surface area contributed by atoms with Gasteiger partial charge in [-0.3, -0.25) is 9.59 Å². The topological polar surface area (TPSA) is 58.2 Å². The Labute approximate surface area is 173 Å². The first-order chi connectivity index (χ1) is 13.5. The van der Waals surface area contributed by atoms with Gasteiger partial charge in [-0.25, -0.2) is 0 Å². The van der Waals surface area contributed by atoms with Gasteiger partial charge in [-0.05, 0) is 67.6 Å². The highest BCUT2D eigenvalue weighted by Crippen LogP contribution is 2.21. The number of hydrogen-bond donors (Lipinski definition) is 2. The van der Waals surface area contributed by atoms with Gasteiger partial charge in [-0.2, -0.15) is 0 Å². The summed E-state index contributed by atoms with van der Waals surface area (Å²) in [5, 5.41) is 6.32. The van der Waals surface area contributed by atoms with Gasteiger partial charge in [-0.1, -0.05) is 29.3 Å². The molecule has 0 aliphatic heterocycles. The van der Waals surface area contributed by atoms with Crippen LogP contribution >= 0.6 is 23.4 Å². The maximum absolute atomic E-state index is 12.2. The smallest absolute Gasteiger partial charge is 0.255 e. The van der Waals surface area contributed by atoms with E-state index in [0.717, 1.165) is 10.5 Å². The van der Waals surface area contributed by atoms with Gasteiger partial charge in [0, 0.05) is 26.9 Å². The Balaban J connectivity index is 1.49. The summed E-state index contributed by atoms with van der Waals surface area (Å²) in [5.41, 5.74) is 3.14. The van der Waals surface area contributed by atoms with Gasteiger partial charge in [0.05, 0.1) is 5.75 Å². The van der Waals surface area contributed by atoms with E-state index in [-0.39, 0.29) is 17.6 Å². The summed E-state index contributed by atoms with van der Waals surface area (Å²) in [4.78, 5) is 25.2. The Morgan fingerprint density at radius 3 is 2.04 bits per heavy atom. The fourth-order valence-corrected chi connectivity index (χ4v) is 3.25. The largest absolute Gasteiger partial charge is 0.325 e. The second-order valence-electron chi connectivity index (χ2n) is 6.19. The number of amides is 2. The molecule has 28 heavy (non-hydrogen) atoms. The fourth-order valence-electron chi connectivity index (χ4n) is 2.42. The van der Waals surface area contributed by atoms with E-state index < -0.39 is 0 Å². The Morgan fingerprint density at radius 1 is 0.821 bits per heavy atom. The fraction of sp³-hybridized carbons (Fsp3) is 0.0909. The first-order valence-electron chi connectivity index (χ1n) is 8.66. The molecule has 0 radical (unpaired) electrons. The van der Waals surface area contributed by atoms with E-state index in [1.165, 1.54) is 11.8 Å². The van der Waals surface area contributed by atoms with Crippen molar-refractivity contribution in [2.75, 3.05) is 16.4 Å². The molecule has 0 aliphatic rings. The van der Waals surface area contributed by atoms with Crippen molar-refractivity contribution in [2.45, 2.75) is 11.8 Å². The molecule has 0 saturated carbocycles. The summed E-state index contributed by atoms with van der Waals surface area (Å²) < 4.78 is 0. The van der Waals surface area contributed by atoms with Crippen LogP contribution in [0.25, 0.3) is 0 Å². The molecular formula is C22H19ClN2O2S. The van der Waals surface area contributed by atoms with Crippen molar-refractivity contribution in [1.82, 2.24) is 0 Å². The number of benzene rings is 3. The van der Waals surface area contributed by atoms with Crippen LogP contribution in [0.2, 0.25) is 5.02 Å². The van der Waals surface area contributed by atoms with Crippen molar-refractivity contribution in [3.63, 3.8) is 0 Å². The van der Waals surface area contributed by atoms with Crippen LogP contribution in [0.3, 0.4) is 0 Å². The normalized spacial score (nSPS) is 10.4. The number of hydrogen-bond acceptors (Lipinski definition) is 3. The minimum atomic E-state index is -0.150. The average molecular weight is 411 g/mol. The highest BCUT2D eigenvalue weighted by atomic mass is 35.5. The number of anilines is 2. The highest BCUT2D eigenvalue weighted by Gasteiger charge is 2.07. The molecule has 3 aromatic carbocycles. The maximum atomic E-state index is 12.2. The molecule has 0 bridgehead atoms. The van der Waals surface area contributed by atoms with Gasteiger partial charge in [0.1, 0.15) is 0 Å². The van der Waals surface area contributed by atoms with Gasteiger partial charge in [-0.15, -0.1) is 11.8 Å². The zero-order chi connectivity index (χ0) is 19.9. The lowest BCUT2D eigenvalue weighted by atomic mass is 10.1. The van der Waals surface area contributed by atoms with Crippen molar-refractivity contribution in [3.8, 4) is 0 Å². The van der Waals surface area contributed by atoms with Crippen molar-refractivity contribution < 1.29 is 9.59 Å². The third-order valence-electron chi connectivity index (χ3n) is 3.92. The first kappa shape index (κ1) is 20.0. The quantitative estimate of drug-likeness (QED) is 0.517. The van der Waals surface area contributed by atoms with E-state index in [9.17, 15) is 9.59 Å². The minimum absolute atomic E-state index is 0.0935. The van der Waals surface area contributed by atoms with Crippen LogP contribution in [0.1, 0.15) is 15.9 Å². The lowest BCUT2D eigenvalue weighted by Crippen LogP contribution is -2.13. The molecule has 4 nitrogen and oxygen atoms in total. The predicted octanol–water partition coefficient (Wildman–Crippen LogP) is 5.63. The van der Waals surface area contributed by atoms with E-state index in [1.807, 2.05) is 43.3 Å². The molecule has 0 atom stereocenters. The molecular weight excluding hydrogens is 392 g/mol. The standard InChI is InChI=1S/C22H19ClN2O2S/c1-15-2-4-16(5-3-15)22(27)25-19-10-12-20(13-11-19)28-14-21(26)24-18-8-6-17(23)7-9-18/h2-13H,14H2,1H3,(H,24,26)(H,25,27). The second kappa shape index (κ2) is 9.44. The Bertz CT molecular complexity index is 955. The third-order valence-corrected chi connectivity index (χ3v) is 5.19. The van der Waals surface area contributed by atoms with Gasteiger partial charge < -0.3 is 10.6 Å². The van der Waals surface area contributed by atoms with E-state index in [2.05, 4.69) is 10.6 Å². The summed E-state index contributed by atoms with van der Waals surface area (Å²) in [5.74, 6) is 0.0457. The number of aryl methyl sites for hydroxylation is 1. The molecule has 3 rings (SSSR count). The number of rotatable bonds is 6. The molecule has 0 unspecified atom stereocenters. The van der Waals surface area contributed by atoms with Gasteiger partial charge in [0.25, 0.3) is 5.91 Å². The van der Waals surface area contributed by atoms with E-state index >= 15 is 0 Å². The average Bonchev–Trinajstić information content (AvgIpc) is 2.70. The number of halogens is 1. The second-order valence-corrected chi connectivity index (χ2v) is 7.67. The molecule has 0 heterocycles. The predicted molar refractivity (Wildman–Crippen MR) is 116 cm³/mol. The van der Waals surface area contributed by atoms with Gasteiger partial charge in [0.2, 0.25) is 5.91 Å². The summed E-state index contributed by atoms with van der Waals surface area (Å²) >= 11 is 7.26. The lowest BCUT2D eigenvalue weighted by Gasteiger charge is -2.08. The summed E-state index contributed by atoms with van der Waals surface area (Å²) in [6.07, 6.45) is 0. The van der Waals surface area contributed by atoms with Crippen LogP contribution in [0.15, 0.2) is 77.7 Å². The van der Waals surface area contributed by atoms with Crippen molar-refractivity contribution in [3.05, 3.63) is 88.9 Å². The van der Waals surface area contributed by atoms with Crippen LogP contribution in [0.4, 0.5) is 11.4 Å². The van der Waals surface area contributed by atoms with Gasteiger partial charge >= 0.3 is 0 Å². The van der Waals surface area contributed by atoms with E-state index in [1.54, 1.807) is 36.4 Å². The number of thioether (sulfide) groups is 1. The number of carbonyl (C=O) groups excluding carboxylic acids is 2. The Hall–Kier alpha value is -2.76. The molecule has 6 heteroatoms. The van der Waals surface area contributed by atoms with E-state index in [4.69, 9.17) is 11.6 Å². The van der Waals surface area contributed by atoms with Crippen LogP contribution in [-0.2, 0) is 4.79 Å². The monoisotopic (exact) mass is 410 g/mol. The maximum Gasteiger partial charge on any atom is 0.255 e. The van der Waals surface area contributed by atoms with E-state index in [0.29, 0.717) is 22.0 Å². The number of nitrogens with one attached hydrogen (secondary N) is 2. The zero-order valence-electron chi connectivity index (χ0n) is 15.2. The summed E-state index contributed by atoms with van der Waals surface area (Å²) in [6.45, 7) is 1.98. The zero-order valence-corrected chi connectivity index (χ0v) is 16.8. The molecule has 3 aromatic rings. The van der Waals surface area contributed by atoms with Crippen LogP contribution in [0, 0.1) is 6.92 Å². The lowest BCUT2D eigenvalue weighted by molar-refractivity contribution is -0.113. The molecule has 2 amide bonds. The minimum Gasteiger partial charge on any atom is -0.325 e. The van der Waals surface area contributed by atoms with Crippen LogP contribution in [-0.4, -0.2) is 17.6 Å². The van der Waals surface area contributed by atoms with Gasteiger partial charge in [0.15, 0.2) is 0 Å². The SMILES string of the molecule is Cc1ccc(C(=O)Nc2ccc(SCC(=O)Nc3ccc(Cl)cc3)cc2)cc1.